The average molecular weight is 356 g/mol. The lowest BCUT2D eigenvalue weighted by atomic mass is 9.71. The maximum atomic E-state index is 2.72. The van der Waals surface area contributed by atoms with Crippen LogP contribution in [0.1, 0.15) is 46.2 Å². The number of hydrogen-bond donors (Lipinski definition) is 0. The molecule has 1 fully saturated rings. The Morgan fingerprint density at radius 2 is 0.889 bits per heavy atom. The standard InChI is InChI=1S/C26H29N/c1-20-12-4-7-15-23(20)26(27-18-10-11-19-27,24-16-8-5-13-21(24)2)25-17-9-6-14-22(25)3/h4-9,12-17H,10-11,18-19H2,1-3H3. The Balaban J connectivity index is 2.14. The summed E-state index contributed by atoms with van der Waals surface area (Å²) >= 11 is 0. The molecular weight excluding hydrogens is 326 g/mol. The molecule has 1 nitrogen and oxygen atoms in total. The van der Waals surface area contributed by atoms with Gasteiger partial charge in [0.05, 0.1) is 5.54 Å². The summed E-state index contributed by atoms with van der Waals surface area (Å²) in [6, 6.07) is 26.9. The van der Waals surface area contributed by atoms with E-state index in [9.17, 15) is 0 Å². The first-order valence-corrected chi connectivity index (χ1v) is 10.1. The zero-order valence-electron chi connectivity index (χ0n) is 16.7. The van der Waals surface area contributed by atoms with E-state index in [4.69, 9.17) is 0 Å². The molecule has 1 aliphatic heterocycles. The normalized spacial score (nSPS) is 15.2. The highest BCUT2D eigenvalue weighted by Gasteiger charge is 2.45. The minimum absolute atomic E-state index is 0.238. The molecule has 0 radical (unpaired) electrons. The fourth-order valence-corrected chi connectivity index (χ4v) is 4.94. The maximum Gasteiger partial charge on any atom is 0.0980 e. The molecule has 0 N–H and O–H groups in total. The molecular formula is C26H29N. The molecule has 0 amide bonds. The van der Waals surface area contributed by atoms with Gasteiger partial charge in [0.15, 0.2) is 0 Å². The molecule has 4 rings (SSSR count). The molecule has 3 aromatic rings. The van der Waals surface area contributed by atoms with Gasteiger partial charge in [-0.15, -0.1) is 0 Å². The van der Waals surface area contributed by atoms with Gasteiger partial charge >= 0.3 is 0 Å². The number of aryl methyl sites for hydroxylation is 3. The van der Waals surface area contributed by atoms with Crippen LogP contribution in [0.4, 0.5) is 0 Å². The van der Waals surface area contributed by atoms with Crippen molar-refractivity contribution in [1.82, 2.24) is 4.90 Å². The topological polar surface area (TPSA) is 3.24 Å². The van der Waals surface area contributed by atoms with Gasteiger partial charge in [-0.05, 0) is 80.1 Å². The highest BCUT2D eigenvalue weighted by Crippen LogP contribution is 2.47. The van der Waals surface area contributed by atoms with Gasteiger partial charge in [-0.3, -0.25) is 4.90 Å². The quantitative estimate of drug-likeness (QED) is 0.519. The van der Waals surface area contributed by atoms with Crippen LogP contribution in [-0.4, -0.2) is 18.0 Å². The first kappa shape index (κ1) is 18.0. The third-order valence-electron chi connectivity index (χ3n) is 6.18. The van der Waals surface area contributed by atoms with Crippen LogP contribution in [0, 0.1) is 20.8 Å². The Hall–Kier alpha value is -2.38. The summed E-state index contributed by atoms with van der Waals surface area (Å²) in [5, 5.41) is 0. The Bertz CT molecular complexity index is 823. The van der Waals surface area contributed by atoms with E-state index in [-0.39, 0.29) is 5.54 Å². The van der Waals surface area contributed by atoms with Crippen LogP contribution in [0.5, 0.6) is 0 Å². The van der Waals surface area contributed by atoms with E-state index in [1.165, 1.54) is 46.2 Å². The maximum absolute atomic E-state index is 2.72. The van der Waals surface area contributed by atoms with Crippen molar-refractivity contribution < 1.29 is 0 Å². The monoisotopic (exact) mass is 355 g/mol. The molecule has 1 aliphatic rings. The lowest BCUT2D eigenvalue weighted by molar-refractivity contribution is 0.196. The largest absolute Gasteiger partial charge is 0.286 e. The number of benzene rings is 3. The lowest BCUT2D eigenvalue weighted by Crippen LogP contribution is -2.48. The van der Waals surface area contributed by atoms with Gasteiger partial charge < -0.3 is 0 Å². The van der Waals surface area contributed by atoms with E-state index in [2.05, 4.69) is 98.5 Å². The van der Waals surface area contributed by atoms with Crippen LogP contribution >= 0.6 is 0 Å². The van der Waals surface area contributed by atoms with E-state index in [0.29, 0.717) is 0 Å². The van der Waals surface area contributed by atoms with Crippen molar-refractivity contribution in [3.05, 3.63) is 106 Å². The molecule has 1 saturated heterocycles. The SMILES string of the molecule is Cc1ccccc1C(c1ccccc1C)(c1ccccc1C)N1CCCC1. The summed E-state index contributed by atoms with van der Waals surface area (Å²) in [4.78, 5) is 2.72. The lowest BCUT2D eigenvalue weighted by Gasteiger charge is -2.46. The molecule has 1 heterocycles. The molecule has 0 aliphatic carbocycles. The Labute approximate surface area is 163 Å². The molecule has 3 aromatic carbocycles. The summed E-state index contributed by atoms with van der Waals surface area (Å²) < 4.78 is 0. The number of nitrogens with zero attached hydrogens (tertiary/aromatic N) is 1. The zero-order valence-corrected chi connectivity index (χ0v) is 16.7. The minimum atomic E-state index is -0.238. The van der Waals surface area contributed by atoms with Crippen molar-refractivity contribution in [3.8, 4) is 0 Å². The van der Waals surface area contributed by atoms with E-state index in [0.717, 1.165) is 13.1 Å². The average Bonchev–Trinajstić information content (AvgIpc) is 3.21. The first-order chi connectivity index (χ1) is 13.2. The molecule has 0 bridgehead atoms. The zero-order chi connectivity index (χ0) is 18.9. The van der Waals surface area contributed by atoms with Crippen molar-refractivity contribution >= 4 is 0 Å². The van der Waals surface area contributed by atoms with Crippen LogP contribution in [0.2, 0.25) is 0 Å². The van der Waals surface area contributed by atoms with Crippen LogP contribution in [-0.2, 0) is 5.54 Å². The number of rotatable bonds is 4. The molecule has 0 spiro atoms. The second kappa shape index (κ2) is 7.32. The Morgan fingerprint density at radius 1 is 0.556 bits per heavy atom. The smallest absolute Gasteiger partial charge is 0.0980 e. The van der Waals surface area contributed by atoms with E-state index in [1.807, 2.05) is 0 Å². The summed E-state index contributed by atoms with van der Waals surface area (Å²) in [5.41, 5.74) is 8.07. The van der Waals surface area contributed by atoms with Crippen LogP contribution in [0.25, 0.3) is 0 Å². The molecule has 0 unspecified atom stereocenters. The summed E-state index contributed by atoms with van der Waals surface area (Å²) in [6.45, 7) is 9.05. The predicted octanol–water partition coefficient (Wildman–Crippen LogP) is 6.00. The summed E-state index contributed by atoms with van der Waals surface area (Å²) in [5.74, 6) is 0. The number of likely N-dealkylation sites (tertiary alicyclic amines) is 1. The van der Waals surface area contributed by atoms with Gasteiger partial charge in [-0.25, -0.2) is 0 Å². The minimum Gasteiger partial charge on any atom is -0.286 e. The van der Waals surface area contributed by atoms with Gasteiger partial charge in [-0.1, -0.05) is 72.8 Å². The third kappa shape index (κ3) is 2.91. The second-order valence-electron chi connectivity index (χ2n) is 7.85. The highest BCUT2D eigenvalue weighted by atomic mass is 15.2. The fourth-order valence-electron chi connectivity index (χ4n) is 4.94. The van der Waals surface area contributed by atoms with Crippen molar-refractivity contribution in [2.24, 2.45) is 0 Å². The van der Waals surface area contributed by atoms with Gasteiger partial charge in [0.25, 0.3) is 0 Å². The van der Waals surface area contributed by atoms with E-state index in [1.54, 1.807) is 0 Å². The first-order valence-electron chi connectivity index (χ1n) is 10.1. The van der Waals surface area contributed by atoms with Crippen molar-refractivity contribution in [3.63, 3.8) is 0 Å². The van der Waals surface area contributed by atoms with Gasteiger partial charge in [-0.2, -0.15) is 0 Å². The van der Waals surface area contributed by atoms with Crippen LogP contribution < -0.4 is 0 Å². The van der Waals surface area contributed by atoms with Gasteiger partial charge in [0, 0.05) is 0 Å². The number of hydrogen-bond acceptors (Lipinski definition) is 1. The van der Waals surface area contributed by atoms with E-state index < -0.39 is 0 Å². The fraction of sp³-hybridized carbons (Fsp3) is 0.308. The summed E-state index contributed by atoms with van der Waals surface area (Å²) in [7, 11) is 0. The van der Waals surface area contributed by atoms with Crippen molar-refractivity contribution in [2.45, 2.75) is 39.2 Å². The Morgan fingerprint density at radius 3 is 1.22 bits per heavy atom. The summed E-state index contributed by atoms with van der Waals surface area (Å²) in [6.07, 6.45) is 2.54. The second-order valence-corrected chi connectivity index (χ2v) is 7.85. The molecule has 1 heteroatoms. The van der Waals surface area contributed by atoms with Crippen LogP contribution in [0.3, 0.4) is 0 Å². The van der Waals surface area contributed by atoms with E-state index >= 15 is 0 Å². The van der Waals surface area contributed by atoms with Crippen molar-refractivity contribution in [2.75, 3.05) is 13.1 Å². The molecule has 138 valence electrons. The molecule has 0 aromatic heterocycles. The Kier molecular flexibility index (Phi) is 4.88. The third-order valence-corrected chi connectivity index (χ3v) is 6.18. The predicted molar refractivity (Wildman–Crippen MR) is 114 cm³/mol. The molecule has 27 heavy (non-hydrogen) atoms. The molecule has 0 saturated carbocycles. The van der Waals surface area contributed by atoms with Gasteiger partial charge in [0.1, 0.15) is 0 Å². The van der Waals surface area contributed by atoms with Crippen LogP contribution in [0.15, 0.2) is 72.8 Å². The highest BCUT2D eigenvalue weighted by molar-refractivity contribution is 5.56. The van der Waals surface area contributed by atoms with Crippen molar-refractivity contribution in [1.29, 1.82) is 0 Å². The van der Waals surface area contributed by atoms with Gasteiger partial charge in [0.2, 0.25) is 0 Å². The molecule has 0 atom stereocenters.